The minimum Gasteiger partial charge on any atom is -0.373 e. The number of piperazine rings is 1. The van der Waals surface area contributed by atoms with E-state index < -0.39 is 0 Å². The van der Waals surface area contributed by atoms with E-state index in [1.807, 2.05) is 27.7 Å². The Balaban J connectivity index is 0. The van der Waals surface area contributed by atoms with Crippen molar-refractivity contribution in [1.82, 2.24) is 15.1 Å². The van der Waals surface area contributed by atoms with Gasteiger partial charge in [-0.2, -0.15) is 0 Å². The van der Waals surface area contributed by atoms with E-state index in [1.165, 1.54) is 19.5 Å². The Labute approximate surface area is 153 Å². The van der Waals surface area contributed by atoms with Crippen LogP contribution in [0.1, 0.15) is 68.2 Å². The minimum atomic E-state index is 0.420. The van der Waals surface area contributed by atoms with Gasteiger partial charge in [-0.15, -0.1) is 0 Å². The van der Waals surface area contributed by atoms with Gasteiger partial charge in [-0.25, -0.2) is 0 Å². The highest BCUT2D eigenvalue weighted by atomic mass is 16.5. The molecule has 1 N–H and O–H groups in total. The summed E-state index contributed by atoms with van der Waals surface area (Å²) in [6.07, 6.45) is 3.26. The van der Waals surface area contributed by atoms with E-state index >= 15 is 0 Å². The topological polar surface area (TPSA) is 27.7 Å². The Kier molecular flexibility index (Phi) is 17.7. The molecule has 148 valence electrons. The maximum absolute atomic E-state index is 5.66. The highest BCUT2D eigenvalue weighted by Crippen LogP contribution is 2.11. The van der Waals surface area contributed by atoms with Crippen LogP contribution in [0.4, 0.5) is 0 Å². The second-order valence-electron chi connectivity index (χ2n) is 6.59. The molecular formula is C20H47N3O. The SMILES string of the molecule is CC.CC.CCC1CN(C)CC(C)N1.CCC1CN(C)CC(C)O1. The van der Waals surface area contributed by atoms with Gasteiger partial charge in [-0.3, -0.25) is 0 Å². The van der Waals surface area contributed by atoms with E-state index in [1.54, 1.807) is 0 Å². The van der Waals surface area contributed by atoms with E-state index in [0.717, 1.165) is 19.5 Å². The van der Waals surface area contributed by atoms with Gasteiger partial charge in [0, 0.05) is 38.3 Å². The minimum absolute atomic E-state index is 0.420. The molecule has 0 aromatic carbocycles. The summed E-state index contributed by atoms with van der Waals surface area (Å²) in [7, 11) is 4.35. The van der Waals surface area contributed by atoms with Crippen LogP contribution in [-0.4, -0.2) is 74.4 Å². The third kappa shape index (κ3) is 12.2. The summed E-state index contributed by atoms with van der Waals surface area (Å²) >= 11 is 0. The van der Waals surface area contributed by atoms with Crippen molar-refractivity contribution < 1.29 is 4.74 Å². The Morgan fingerprint density at radius 3 is 1.79 bits per heavy atom. The molecule has 2 aliphatic heterocycles. The van der Waals surface area contributed by atoms with Crippen molar-refractivity contribution in [3.63, 3.8) is 0 Å². The highest BCUT2D eigenvalue weighted by molar-refractivity contribution is 4.80. The summed E-state index contributed by atoms with van der Waals surface area (Å²) in [5, 5.41) is 3.55. The number of likely N-dealkylation sites (N-methyl/N-ethyl adjacent to an activating group) is 2. The lowest BCUT2D eigenvalue weighted by Gasteiger charge is -2.34. The maximum Gasteiger partial charge on any atom is 0.0703 e. The van der Waals surface area contributed by atoms with Crippen molar-refractivity contribution >= 4 is 0 Å². The van der Waals surface area contributed by atoms with E-state index in [0.29, 0.717) is 24.3 Å². The van der Waals surface area contributed by atoms with Gasteiger partial charge in [0.2, 0.25) is 0 Å². The summed E-state index contributed by atoms with van der Waals surface area (Å²) in [5.74, 6) is 0. The zero-order valence-corrected chi connectivity index (χ0v) is 18.4. The van der Waals surface area contributed by atoms with Crippen LogP contribution in [0.15, 0.2) is 0 Å². The zero-order chi connectivity index (χ0) is 19.1. The lowest BCUT2D eigenvalue weighted by molar-refractivity contribution is -0.0703. The second-order valence-corrected chi connectivity index (χ2v) is 6.59. The first-order chi connectivity index (χ1) is 11.4. The van der Waals surface area contributed by atoms with Crippen LogP contribution >= 0.6 is 0 Å². The molecule has 4 heteroatoms. The van der Waals surface area contributed by atoms with Crippen LogP contribution in [0.3, 0.4) is 0 Å². The van der Waals surface area contributed by atoms with Crippen LogP contribution < -0.4 is 5.32 Å². The molecule has 0 amide bonds. The lowest BCUT2D eigenvalue weighted by atomic mass is 10.1. The third-order valence-corrected chi connectivity index (χ3v) is 4.09. The molecule has 2 aliphatic rings. The first-order valence-corrected chi connectivity index (χ1v) is 10.2. The van der Waals surface area contributed by atoms with Crippen LogP contribution in [0.5, 0.6) is 0 Å². The normalized spacial score (nSPS) is 30.8. The molecule has 4 unspecified atom stereocenters. The third-order valence-electron chi connectivity index (χ3n) is 4.09. The monoisotopic (exact) mass is 345 g/mol. The van der Waals surface area contributed by atoms with Crippen LogP contribution in [0, 0.1) is 0 Å². The smallest absolute Gasteiger partial charge is 0.0703 e. The van der Waals surface area contributed by atoms with Crippen molar-refractivity contribution in [2.24, 2.45) is 0 Å². The molecule has 0 bridgehead atoms. The van der Waals surface area contributed by atoms with Crippen molar-refractivity contribution in [3.05, 3.63) is 0 Å². The van der Waals surface area contributed by atoms with Crippen molar-refractivity contribution in [2.75, 3.05) is 40.3 Å². The Hall–Kier alpha value is -0.160. The number of ether oxygens (including phenoxy) is 1. The van der Waals surface area contributed by atoms with E-state index in [9.17, 15) is 0 Å². The number of hydrogen-bond acceptors (Lipinski definition) is 4. The number of morpholine rings is 1. The molecule has 2 rings (SSSR count). The van der Waals surface area contributed by atoms with Gasteiger partial charge in [0.05, 0.1) is 12.2 Å². The molecule has 0 saturated carbocycles. The van der Waals surface area contributed by atoms with Gasteiger partial charge >= 0.3 is 0 Å². The molecule has 0 aromatic rings. The number of nitrogens with zero attached hydrogens (tertiary/aromatic N) is 2. The van der Waals surface area contributed by atoms with Crippen LogP contribution in [0.25, 0.3) is 0 Å². The fourth-order valence-electron chi connectivity index (χ4n) is 3.17. The van der Waals surface area contributed by atoms with E-state index in [4.69, 9.17) is 4.74 Å². The fraction of sp³-hybridized carbons (Fsp3) is 1.00. The summed E-state index contributed by atoms with van der Waals surface area (Å²) in [4.78, 5) is 4.73. The maximum atomic E-state index is 5.66. The summed E-state index contributed by atoms with van der Waals surface area (Å²) in [5.41, 5.74) is 0. The molecule has 2 saturated heterocycles. The van der Waals surface area contributed by atoms with Gasteiger partial charge in [0.1, 0.15) is 0 Å². The summed E-state index contributed by atoms with van der Waals surface area (Å²) in [6.45, 7) is 21.4. The largest absolute Gasteiger partial charge is 0.373 e. The van der Waals surface area contributed by atoms with Crippen molar-refractivity contribution in [3.8, 4) is 0 Å². The fourth-order valence-corrected chi connectivity index (χ4v) is 3.17. The molecule has 4 nitrogen and oxygen atoms in total. The van der Waals surface area contributed by atoms with Gasteiger partial charge in [0.25, 0.3) is 0 Å². The standard InChI is InChI=1S/C8H18N2.C8H17NO.2C2H6/c1-4-8-6-10(3)5-7(2)9-8;1-4-8-6-9(3)5-7(2)10-8;2*1-2/h7-9H,4-6H2,1-3H3;7-8H,4-6H2,1-3H3;2*1-2H3. The van der Waals surface area contributed by atoms with Gasteiger partial charge < -0.3 is 19.9 Å². The lowest BCUT2D eigenvalue weighted by Crippen LogP contribution is -2.53. The Bertz CT molecular complexity index is 217. The van der Waals surface area contributed by atoms with Crippen LogP contribution in [0.2, 0.25) is 0 Å². The summed E-state index contributed by atoms with van der Waals surface area (Å²) in [6, 6.07) is 1.39. The Morgan fingerprint density at radius 2 is 1.38 bits per heavy atom. The van der Waals surface area contributed by atoms with Crippen LogP contribution in [-0.2, 0) is 4.74 Å². The first kappa shape index (κ1) is 26.1. The Morgan fingerprint density at radius 1 is 0.833 bits per heavy atom. The predicted octanol–water partition coefficient (Wildman–Crippen LogP) is 3.86. The van der Waals surface area contributed by atoms with E-state index in [-0.39, 0.29) is 0 Å². The van der Waals surface area contributed by atoms with Crippen molar-refractivity contribution in [1.29, 1.82) is 0 Å². The quantitative estimate of drug-likeness (QED) is 0.822. The highest BCUT2D eigenvalue weighted by Gasteiger charge is 2.20. The van der Waals surface area contributed by atoms with Gasteiger partial charge in [0.15, 0.2) is 0 Å². The second kappa shape index (κ2) is 16.3. The molecular weight excluding hydrogens is 298 g/mol. The summed E-state index contributed by atoms with van der Waals surface area (Å²) < 4.78 is 5.66. The molecule has 0 aliphatic carbocycles. The average molecular weight is 346 g/mol. The first-order valence-electron chi connectivity index (χ1n) is 10.2. The number of nitrogens with one attached hydrogen (secondary N) is 1. The van der Waals surface area contributed by atoms with Gasteiger partial charge in [-0.05, 0) is 40.8 Å². The molecule has 2 heterocycles. The molecule has 2 fully saturated rings. The molecule has 0 aromatic heterocycles. The molecule has 0 radical (unpaired) electrons. The molecule has 0 spiro atoms. The van der Waals surface area contributed by atoms with E-state index in [2.05, 4.69) is 56.9 Å². The zero-order valence-electron chi connectivity index (χ0n) is 18.4. The number of rotatable bonds is 2. The molecule has 24 heavy (non-hydrogen) atoms. The number of hydrogen-bond donors (Lipinski definition) is 1. The average Bonchev–Trinajstić information content (AvgIpc) is 2.57. The van der Waals surface area contributed by atoms with Gasteiger partial charge in [-0.1, -0.05) is 41.5 Å². The molecule has 4 atom stereocenters. The predicted molar refractivity (Wildman–Crippen MR) is 109 cm³/mol. The van der Waals surface area contributed by atoms with Crippen molar-refractivity contribution in [2.45, 2.75) is 92.5 Å².